The number of benzene rings is 6. The van der Waals surface area contributed by atoms with E-state index >= 15 is 0 Å². The molecule has 43 heavy (non-hydrogen) atoms. The lowest BCUT2D eigenvalue weighted by Crippen LogP contribution is -2.00. The van der Waals surface area contributed by atoms with Gasteiger partial charge in [0, 0.05) is 33.2 Å². The molecule has 2 heterocycles. The molecule has 4 heteroatoms. The lowest BCUT2D eigenvalue weighted by Gasteiger charge is -2.11. The lowest BCUT2D eigenvalue weighted by atomic mass is 9.99. The first-order valence-corrected chi connectivity index (χ1v) is 14.4. The summed E-state index contributed by atoms with van der Waals surface area (Å²) < 4.78 is 2.35. The smallest absolute Gasteiger partial charge is 0.164 e. The molecule has 6 aromatic carbocycles. The zero-order chi connectivity index (χ0) is 28.6. The Balaban J connectivity index is 1.27. The molecule has 0 saturated heterocycles. The van der Waals surface area contributed by atoms with E-state index in [1.54, 1.807) is 0 Å². The molecule has 0 bridgehead atoms. The maximum Gasteiger partial charge on any atom is 0.164 e. The highest BCUT2D eigenvalue weighted by molar-refractivity contribution is 6.15. The monoisotopic (exact) mass is 550 g/mol. The van der Waals surface area contributed by atoms with E-state index in [1.165, 1.54) is 32.9 Å². The minimum Gasteiger partial charge on any atom is -0.309 e. The molecule has 0 saturated carbocycles. The van der Waals surface area contributed by atoms with Gasteiger partial charge < -0.3 is 4.57 Å². The quantitative estimate of drug-likeness (QED) is 0.214. The predicted octanol–water partition coefficient (Wildman–Crippen LogP) is 9.64. The van der Waals surface area contributed by atoms with E-state index in [4.69, 9.17) is 15.0 Å². The van der Waals surface area contributed by atoms with Gasteiger partial charge in [-0.05, 0) is 47.5 Å². The van der Waals surface area contributed by atoms with Crippen LogP contribution < -0.4 is 0 Å². The van der Waals surface area contributed by atoms with E-state index in [0.29, 0.717) is 17.5 Å². The fraction of sp³-hybridized carbons (Fsp3) is 0. The maximum absolute atomic E-state index is 4.91. The average molecular weight is 551 g/mol. The van der Waals surface area contributed by atoms with Crippen LogP contribution in [-0.2, 0) is 0 Å². The van der Waals surface area contributed by atoms with Crippen LogP contribution in [0, 0.1) is 0 Å². The first-order chi connectivity index (χ1) is 21.3. The topological polar surface area (TPSA) is 43.6 Å². The molecule has 8 rings (SSSR count). The second kappa shape index (κ2) is 10.5. The SMILES string of the molecule is c1ccc(-c2nc(-c3ccccc3)nc(-c3ccc(-n4c5ccccc5c5c(-c6ccccc6)cccc54)cc3)n2)cc1. The fourth-order valence-electron chi connectivity index (χ4n) is 5.85. The van der Waals surface area contributed by atoms with Crippen LogP contribution in [0.3, 0.4) is 0 Å². The van der Waals surface area contributed by atoms with Crippen LogP contribution in [0.2, 0.25) is 0 Å². The molecule has 202 valence electrons. The third-order valence-electron chi connectivity index (χ3n) is 7.87. The molecule has 2 aromatic heterocycles. The summed E-state index contributed by atoms with van der Waals surface area (Å²) >= 11 is 0. The van der Waals surface area contributed by atoms with Crippen LogP contribution in [0.25, 0.3) is 72.8 Å². The second-order valence-electron chi connectivity index (χ2n) is 10.5. The van der Waals surface area contributed by atoms with E-state index in [0.717, 1.165) is 22.4 Å². The Morgan fingerprint density at radius 2 is 0.814 bits per heavy atom. The standard InChI is InChI=1S/C39H26N4/c1-4-13-27(14-5-1)32-20-12-22-35-36(32)33-19-10-11-21-34(33)43(35)31-25-23-30(24-26-31)39-41-37(28-15-6-2-7-16-28)40-38(42-39)29-17-8-3-9-18-29/h1-26H. The largest absolute Gasteiger partial charge is 0.309 e. The van der Waals surface area contributed by atoms with E-state index in [2.05, 4.69) is 102 Å². The van der Waals surface area contributed by atoms with Crippen molar-refractivity contribution in [3.63, 3.8) is 0 Å². The summed E-state index contributed by atoms with van der Waals surface area (Å²) in [6, 6.07) is 54.5. The number of aromatic nitrogens is 4. The van der Waals surface area contributed by atoms with Gasteiger partial charge in [-0.15, -0.1) is 0 Å². The van der Waals surface area contributed by atoms with Crippen LogP contribution in [0.5, 0.6) is 0 Å². The van der Waals surface area contributed by atoms with Crippen molar-refractivity contribution < 1.29 is 0 Å². The molecule has 0 N–H and O–H groups in total. The van der Waals surface area contributed by atoms with Gasteiger partial charge in [0.2, 0.25) is 0 Å². The van der Waals surface area contributed by atoms with Gasteiger partial charge in [0.05, 0.1) is 11.0 Å². The molecule has 8 aromatic rings. The van der Waals surface area contributed by atoms with Crippen LogP contribution in [-0.4, -0.2) is 19.5 Å². The number of rotatable bonds is 5. The Labute approximate surface area is 249 Å². The summed E-state index contributed by atoms with van der Waals surface area (Å²) in [5.41, 5.74) is 8.73. The van der Waals surface area contributed by atoms with Crippen LogP contribution >= 0.6 is 0 Å². The van der Waals surface area contributed by atoms with E-state index in [1.807, 2.05) is 60.7 Å². The summed E-state index contributed by atoms with van der Waals surface area (Å²) in [7, 11) is 0. The van der Waals surface area contributed by atoms with Crippen molar-refractivity contribution in [3.05, 3.63) is 158 Å². The number of hydrogen-bond acceptors (Lipinski definition) is 3. The number of fused-ring (bicyclic) bond motifs is 3. The van der Waals surface area contributed by atoms with Gasteiger partial charge >= 0.3 is 0 Å². The Morgan fingerprint density at radius 3 is 1.40 bits per heavy atom. The highest BCUT2D eigenvalue weighted by atomic mass is 15.0. The molecule has 0 aliphatic carbocycles. The molecule has 0 aliphatic heterocycles. The second-order valence-corrected chi connectivity index (χ2v) is 10.5. The average Bonchev–Trinajstić information content (AvgIpc) is 3.44. The maximum atomic E-state index is 4.91. The summed E-state index contributed by atoms with van der Waals surface area (Å²) in [4.78, 5) is 14.6. The first-order valence-electron chi connectivity index (χ1n) is 14.4. The number of nitrogens with zero attached hydrogens (tertiary/aromatic N) is 4. The van der Waals surface area contributed by atoms with Crippen molar-refractivity contribution in [2.45, 2.75) is 0 Å². The van der Waals surface area contributed by atoms with Crippen molar-refractivity contribution in [1.82, 2.24) is 19.5 Å². The van der Waals surface area contributed by atoms with Gasteiger partial charge in [-0.1, -0.05) is 121 Å². The molecule has 0 spiro atoms. The lowest BCUT2D eigenvalue weighted by molar-refractivity contribution is 1.07. The van der Waals surface area contributed by atoms with Gasteiger partial charge in [-0.25, -0.2) is 15.0 Å². The zero-order valence-electron chi connectivity index (χ0n) is 23.3. The van der Waals surface area contributed by atoms with Crippen molar-refractivity contribution in [1.29, 1.82) is 0 Å². The summed E-state index contributed by atoms with van der Waals surface area (Å²) in [6.07, 6.45) is 0. The minimum absolute atomic E-state index is 0.646. The third-order valence-corrected chi connectivity index (χ3v) is 7.87. The zero-order valence-corrected chi connectivity index (χ0v) is 23.3. The van der Waals surface area contributed by atoms with Crippen LogP contribution in [0.4, 0.5) is 0 Å². The van der Waals surface area contributed by atoms with Crippen molar-refractivity contribution in [2.24, 2.45) is 0 Å². The first kappa shape index (κ1) is 24.9. The number of hydrogen-bond donors (Lipinski definition) is 0. The van der Waals surface area contributed by atoms with E-state index < -0.39 is 0 Å². The highest BCUT2D eigenvalue weighted by Gasteiger charge is 2.17. The molecular formula is C39H26N4. The Morgan fingerprint density at radius 1 is 0.349 bits per heavy atom. The van der Waals surface area contributed by atoms with Gasteiger partial charge in [-0.2, -0.15) is 0 Å². The summed E-state index contributed by atoms with van der Waals surface area (Å²) in [5, 5.41) is 2.49. The molecule has 0 amide bonds. The van der Waals surface area contributed by atoms with Crippen LogP contribution in [0.1, 0.15) is 0 Å². The Hall–Kier alpha value is -5.87. The minimum atomic E-state index is 0.646. The molecule has 0 radical (unpaired) electrons. The number of para-hydroxylation sites is 1. The molecule has 0 atom stereocenters. The van der Waals surface area contributed by atoms with Gasteiger partial charge in [0.25, 0.3) is 0 Å². The van der Waals surface area contributed by atoms with Gasteiger partial charge in [0.1, 0.15) is 0 Å². The molecule has 0 fully saturated rings. The summed E-state index contributed by atoms with van der Waals surface area (Å²) in [6.45, 7) is 0. The van der Waals surface area contributed by atoms with Crippen molar-refractivity contribution in [2.75, 3.05) is 0 Å². The normalized spacial score (nSPS) is 11.3. The van der Waals surface area contributed by atoms with Crippen LogP contribution in [0.15, 0.2) is 158 Å². The molecule has 0 aliphatic rings. The Bertz CT molecular complexity index is 2150. The molecule has 4 nitrogen and oxygen atoms in total. The summed E-state index contributed by atoms with van der Waals surface area (Å²) in [5.74, 6) is 1.96. The Kier molecular flexibility index (Phi) is 6.08. The van der Waals surface area contributed by atoms with Crippen molar-refractivity contribution >= 4 is 21.8 Å². The molecule has 0 unspecified atom stereocenters. The van der Waals surface area contributed by atoms with Gasteiger partial charge in [0.15, 0.2) is 17.5 Å². The highest BCUT2D eigenvalue weighted by Crippen LogP contribution is 2.38. The third kappa shape index (κ3) is 4.46. The van der Waals surface area contributed by atoms with Crippen molar-refractivity contribution in [3.8, 4) is 51.0 Å². The van der Waals surface area contributed by atoms with E-state index in [9.17, 15) is 0 Å². The van der Waals surface area contributed by atoms with Gasteiger partial charge in [-0.3, -0.25) is 0 Å². The van der Waals surface area contributed by atoms with E-state index in [-0.39, 0.29) is 0 Å². The molecular weight excluding hydrogens is 524 g/mol. The fourth-order valence-corrected chi connectivity index (χ4v) is 5.85. The predicted molar refractivity (Wildman–Crippen MR) is 176 cm³/mol.